The summed E-state index contributed by atoms with van der Waals surface area (Å²) in [5, 5.41) is 0. The lowest BCUT2D eigenvalue weighted by Crippen LogP contribution is -2.15. The number of nitrogen functional groups attached to an aromatic ring is 1. The van der Waals surface area contributed by atoms with Gasteiger partial charge in [0.2, 0.25) is 0 Å². The number of hydrogen-bond acceptors (Lipinski definition) is 3. The Morgan fingerprint density at radius 1 is 1.39 bits per heavy atom. The Labute approximate surface area is 107 Å². The molecule has 1 atom stereocenters. The third-order valence-corrected chi connectivity index (χ3v) is 2.58. The van der Waals surface area contributed by atoms with Crippen LogP contribution in [0.3, 0.4) is 0 Å². The molecule has 100 valence electrons. The van der Waals surface area contributed by atoms with Crippen molar-refractivity contribution in [3.8, 4) is 0 Å². The Hall–Kier alpha value is -1.58. The normalized spacial score (nSPS) is 12.5. The number of esters is 1. The minimum atomic E-state index is -0.657. The molecule has 0 saturated heterocycles. The molecule has 0 aliphatic carbocycles. The van der Waals surface area contributed by atoms with E-state index in [1.807, 2.05) is 6.92 Å². The van der Waals surface area contributed by atoms with E-state index in [0.717, 1.165) is 6.42 Å². The van der Waals surface area contributed by atoms with Crippen molar-refractivity contribution in [1.29, 1.82) is 0 Å². The Balaban J connectivity index is 2.58. The third kappa shape index (κ3) is 4.35. The van der Waals surface area contributed by atoms with Crippen molar-refractivity contribution in [2.75, 3.05) is 12.3 Å². The number of anilines is 1. The van der Waals surface area contributed by atoms with E-state index in [1.54, 1.807) is 0 Å². The van der Waals surface area contributed by atoms with Gasteiger partial charge in [0, 0.05) is 5.69 Å². The van der Waals surface area contributed by atoms with Gasteiger partial charge in [0.1, 0.15) is 5.82 Å². The summed E-state index contributed by atoms with van der Waals surface area (Å²) in [6.45, 7) is 6.51. The van der Waals surface area contributed by atoms with Crippen LogP contribution in [0.15, 0.2) is 18.2 Å². The van der Waals surface area contributed by atoms with Gasteiger partial charge in [0.05, 0.1) is 12.2 Å². The second kappa shape index (κ2) is 6.38. The fraction of sp³-hybridized carbons (Fsp3) is 0.500. The van der Waals surface area contributed by atoms with E-state index < -0.39 is 11.8 Å². The van der Waals surface area contributed by atoms with Gasteiger partial charge in [-0.3, -0.25) is 0 Å². The number of benzene rings is 1. The average molecular weight is 253 g/mol. The summed E-state index contributed by atoms with van der Waals surface area (Å²) < 4.78 is 18.5. The fourth-order valence-corrected chi connectivity index (χ4v) is 1.87. The first kappa shape index (κ1) is 14.5. The molecule has 0 aliphatic rings. The number of hydrogen-bond donors (Lipinski definition) is 1. The summed E-state index contributed by atoms with van der Waals surface area (Å²) in [5.41, 5.74) is 5.75. The second-order valence-corrected chi connectivity index (χ2v) is 5.07. The molecule has 0 radical (unpaired) electrons. The molecule has 0 amide bonds. The monoisotopic (exact) mass is 253 g/mol. The molecule has 1 unspecified atom stereocenters. The lowest BCUT2D eigenvalue weighted by molar-refractivity contribution is 0.0431. The van der Waals surface area contributed by atoms with Gasteiger partial charge in [-0.2, -0.15) is 0 Å². The predicted octanol–water partition coefficient (Wildman–Crippen LogP) is 3.25. The molecule has 0 bridgehead atoms. The van der Waals surface area contributed by atoms with Gasteiger partial charge in [0.15, 0.2) is 0 Å². The van der Waals surface area contributed by atoms with Crippen molar-refractivity contribution in [3.05, 3.63) is 29.6 Å². The molecule has 18 heavy (non-hydrogen) atoms. The molecule has 0 saturated carbocycles. The molecule has 2 N–H and O–H groups in total. The summed E-state index contributed by atoms with van der Waals surface area (Å²) in [5.74, 6) is -0.456. The minimum absolute atomic E-state index is 0.105. The topological polar surface area (TPSA) is 52.3 Å². The van der Waals surface area contributed by atoms with E-state index in [9.17, 15) is 9.18 Å². The molecular weight excluding hydrogens is 233 g/mol. The molecule has 3 nitrogen and oxygen atoms in total. The molecule has 0 aliphatic heterocycles. The van der Waals surface area contributed by atoms with Gasteiger partial charge < -0.3 is 10.5 Å². The highest BCUT2D eigenvalue weighted by Crippen LogP contribution is 2.15. The summed E-state index contributed by atoms with van der Waals surface area (Å²) in [4.78, 5) is 11.7. The fourth-order valence-electron chi connectivity index (χ4n) is 1.87. The lowest BCUT2D eigenvalue weighted by Gasteiger charge is -2.14. The van der Waals surface area contributed by atoms with Gasteiger partial charge in [-0.1, -0.05) is 20.8 Å². The largest absolute Gasteiger partial charge is 0.462 e. The van der Waals surface area contributed by atoms with Crippen LogP contribution in [0, 0.1) is 17.7 Å². The summed E-state index contributed by atoms with van der Waals surface area (Å²) in [6, 6.07) is 3.88. The van der Waals surface area contributed by atoms with Crippen LogP contribution in [0.5, 0.6) is 0 Å². The van der Waals surface area contributed by atoms with E-state index in [1.165, 1.54) is 18.2 Å². The summed E-state index contributed by atoms with van der Waals surface area (Å²) in [6.07, 6.45) is 0.965. The number of nitrogens with two attached hydrogens (primary N) is 1. The van der Waals surface area contributed by atoms with Gasteiger partial charge >= 0.3 is 5.97 Å². The smallest absolute Gasteiger partial charge is 0.341 e. The number of carbonyl (C=O) groups is 1. The van der Waals surface area contributed by atoms with E-state index in [2.05, 4.69) is 13.8 Å². The van der Waals surface area contributed by atoms with Crippen molar-refractivity contribution in [3.63, 3.8) is 0 Å². The maximum atomic E-state index is 13.4. The first-order chi connectivity index (χ1) is 8.40. The zero-order valence-electron chi connectivity index (χ0n) is 11.1. The van der Waals surface area contributed by atoms with E-state index in [-0.39, 0.29) is 11.5 Å². The highest BCUT2D eigenvalue weighted by molar-refractivity contribution is 5.90. The molecule has 1 aromatic carbocycles. The Morgan fingerprint density at radius 2 is 2.06 bits per heavy atom. The minimum Gasteiger partial charge on any atom is -0.462 e. The quantitative estimate of drug-likeness (QED) is 0.647. The van der Waals surface area contributed by atoms with E-state index in [0.29, 0.717) is 18.2 Å². The molecule has 0 fully saturated rings. The van der Waals surface area contributed by atoms with E-state index in [4.69, 9.17) is 10.5 Å². The van der Waals surface area contributed by atoms with Crippen LogP contribution in [0.1, 0.15) is 37.6 Å². The predicted molar refractivity (Wildman–Crippen MR) is 69.7 cm³/mol. The van der Waals surface area contributed by atoms with Crippen LogP contribution in [0.4, 0.5) is 10.1 Å². The maximum Gasteiger partial charge on any atom is 0.341 e. The van der Waals surface area contributed by atoms with Crippen molar-refractivity contribution >= 4 is 11.7 Å². The summed E-state index contributed by atoms with van der Waals surface area (Å²) >= 11 is 0. The van der Waals surface area contributed by atoms with Crippen molar-refractivity contribution < 1.29 is 13.9 Å². The first-order valence-corrected chi connectivity index (χ1v) is 6.12. The van der Waals surface area contributed by atoms with Crippen LogP contribution in [-0.4, -0.2) is 12.6 Å². The molecule has 0 spiro atoms. The highest BCUT2D eigenvalue weighted by atomic mass is 19.1. The maximum absolute atomic E-state index is 13.4. The lowest BCUT2D eigenvalue weighted by atomic mass is 10.00. The van der Waals surface area contributed by atoms with Gasteiger partial charge in [-0.05, 0) is 36.5 Å². The number of rotatable bonds is 5. The highest BCUT2D eigenvalue weighted by Gasteiger charge is 2.15. The molecular formula is C14H20FNO2. The van der Waals surface area contributed by atoms with Crippen molar-refractivity contribution in [2.45, 2.75) is 27.2 Å². The molecule has 1 aromatic rings. The van der Waals surface area contributed by atoms with Crippen LogP contribution >= 0.6 is 0 Å². The van der Waals surface area contributed by atoms with E-state index >= 15 is 0 Å². The van der Waals surface area contributed by atoms with Gasteiger partial charge in [-0.25, -0.2) is 9.18 Å². The standard InChI is InChI=1S/C14H20FNO2/c1-9(2)6-10(3)8-18-14(17)12-7-11(16)4-5-13(12)15/h4-5,7,9-10H,6,8,16H2,1-3H3. The van der Waals surface area contributed by atoms with Crippen molar-refractivity contribution in [2.24, 2.45) is 11.8 Å². The van der Waals surface area contributed by atoms with Crippen LogP contribution in [0.25, 0.3) is 0 Å². The zero-order valence-corrected chi connectivity index (χ0v) is 11.1. The second-order valence-electron chi connectivity index (χ2n) is 5.07. The Kier molecular flexibility index (Phi) is 5.13. The SMILES string of the molecule is CC(C)CC(C)COC(=O)c1cc(N)ccc1F. The molecule has 1 rings (SSSR count). The van der Waals surface area contributed by atoms with Gasteiger partial charge in [-0.15, -0.1) is 0 Å². The zero-order chi connectivity index (χ0) is 13.7. The van der Waals surface area contributed by atoms with Crippen molar-refractivity contribution in [1.82, 2.24) is 0 Å². The summed E-state index contributed by atoms with van der Waals surface area (Å²) in [7, 11) is 0. The molecule has 0 aromatic heterocycles. The average Bonchev–Trinajstić information content (AvgIpc) is 2.28. The first-order valence-electron chi connectivity index (χ1n) is 6.12. The number of carbonyl (C=O) groups excluding carboxylic acids is 1. The van der Waals surface area contributed by atoms with Gasteiger partial charge in [0.25, 0.3) is 0 Å². The molecule has 4 heteroatoms. The van der Waals surface area contributed by atoms with Crippen LogP contribution < -0.4 is 5.73 Å². The Morgan fingerprint density at radius 3 is 2.67 bits per heavy atom. The number of halogens is 1. The molecule has 0 heterocycles. The Bertz CT molecular complexity index is 418. The number of ether oxygens (including phenoxy) is 1. The van der Waals surface area contributed by atoms with Crippen LogP contribution in [-0.2, 0) is 4.74 Å². The van der Waals surface area contributed by atoms with Crippen LogP contribution in [0.2, 0.25) is 0 Å². The third-order valence-electron chi connectivity index (χ3n) is 2.58.